The van der Waals surface area contributed by atoms with Gasteiger partial charge in [0.05, 0.1) is 27.4 Å². The van der Waals surface area contributed by atoms with Crippen molar-refractivity contribution in [1.29, 1.82) is 0 Å². The summed E-state index contributed by atoms with van der Waals surface area (Å²) in [4.78, 5) is 21.2. The highest BCUT2D eigenvalue weighted by Crippen LogP contribution is 2.33. The third-order valence-corrected chi connectivity index (χ3v) is 4.99. The number of hydrogen-bond acceptors (Lipinski definition) is 4. The molecule has 3 heterocycles. The molecule has 1 aliphatic heterocycles. The average molecular weight is 402 g/mol. The molecular weight excluding hydrogens is 389 g/mol. The van der Waals surface area contributed by atoms with Crippen LogP contribution in [-0.2, 0) is 11.0 Å². The van der Waals surface area contributed by atoms with E-state index in [2.05, 4.69) is 15.3 Å². The first-order valence-electron chi connectivity index (χ1n) is 8.22. The van der Waals surface area contributed by atoms with Crippen LogP contribution in [0.25, 0.3) is 11.6 Å². The fraction of sp³-hybridized carbons (Fsp3) is 0.105. The van der Waals surface area contributed by atoms with Crippen molar-refractivity contribution in [3.63, 3.8) is 0 Å². The van der Waals surface area contributed by atoms with Crippen molar-refractivity contribution in [3.8, 4) is 0 Å². The Balaban J connectivity index is 1.64. The number of nitrogens with zero attached hydrogens (tertiary/aromatic N) is 3. The molecule has 0 atom stereocenters. The van der Waals surface area contributed by atoms with E-state index in [0.29, 0.717) is 10.6 Å². The quantitative estimate of drug-likeness (QED) is 0.640. The molecule has 28 heavy (non-hydrogen) atoms. The lowest BCUT2D eigenvalue weighted by Crippen LogP contribution is -2.19. The van der Waals surface area contributed by atoms with Crippen LogP contribution in [0.1, 0.15) is 17.1 Å². The number of halogens is 3. The van der Waals surface area contributed by atoms with E-state index in [-0.39, 0.29) is 16.8 Å². The second-order valence-corrected chi connectivity index (χ2v) is 7.06. The van der Waals surface area contributed by atoms with Crippen LogP contribution in [0.2, 0.25) is 0 Å². The maximum atomic E-state index is 12.8. The molecule has 0 unspecified atom stereocenters. The minimum atomic E-state index is -4.45. The number of amidine groups is 1. The minimum Gasteiger partial charge on any atom is -0.303 e. The van der Waals surface area contributed by atoms with Gasteiger partial charge >= 0.3 is 6.18 Å². The van der Waals surface area contributed by atoms with E-state index in [1.54, 1.807) is 6.08 Å². The summed E-state index contributed by atoms with van der Waals surface area (Å²) in [6, 6.07) is 10.3. The van der Waals surface area contributed by atoms with Gasteiger partial charge in [-0.15, -0.1) is 0 Å². The highest BCUT2D eigenvalue weighted by Gasteiger charge is 2.30. The standard InChI is InChI=1S/C19H13F3N4OS/c1-11-23-14(15-7-2-3-8-26(11)15)10-16-17(27)25-18(28-16)24-13-6-4-5-12(9-13)19(20,21)22/h2-10H,1H3,(H,24,25,27)/b16-10-. The highest BCUT2D eigenvalue weighted by atomic mass is 32.2. The number of aryl methyl sites for hydroxylation is 1. The molecular formula is C19H13F3N4OS. The zero-order valence-corrected chi connectivity index (χ0v) is 15.3. The summed E-state index contributed by atoms with van der Waals surface area (Å²) in [6.07, 6.45) is -0.924. The van der Waals surface area contributed by atoms with Crippen molar-refractivity contribution in [2.24, 2.45) is 4.99 Å². The third kappa shape index (κ3) is 3.53. The van der Waals surface area contributed by atoms with Crippen molar-refractivity contribution >= 4 is 40.1 Å². The Kier molecular flexibility index (Phi) is 4.46. The molecule has 142 valence electrons. The molecule has 1 saturated heterocycles. The lowest BCUT2D eigenvalue weighted by Gasteiger charge is -2.06. The second kappa shape index (κ2) is 6.83. The number of benzene rings is 1. The molecule has 1 aliphatic rings. The van der Waals surface area contributed by atoms with Crippen LogP contribution in [0, 0.1) is 6.92 Å². The lowest BCUT2D eigenvalue weighted by atomic mass is 10.2. The van der Waals surface area contributed by atoms with Crippen LogP contribution in [0.3, 0.4) is 0 Å². The summed E-state index contributed by atoms with van der Waals surface area (Å²) in [6.45, 7) is 1.86. The van der Waals surface area contributed by atoms with Crippen LogP contribution in [-0.4, -0.2) is 20.5 Å². The zero-order valence-electron chi connectivity index (χ0n) is 14.5. The normalized spacial score (nSPS) is 17.6. The van der Waals surface area contributed by atoms with Crippen molar-refractivity contribution in [1.82, 2.24) is 14.7 Å². The van der Waals surface area contributed by atoms with E-state index < -0.39 is 11.7 Å². The molecule has 4 rings (SSSR count). The summed E-state index contributed by atoms with van der Waals surface area (Å²) in [7, 11) is 0. The largest absolute Gasteiger partial charge is 0.416 e. The number of imidazole rings is 1. The van der Waals surface area contributed by atoms with Gasteiger partial charge in [0.1, 0.15) is 5.82 Å². The van der Waals surface area contributed by atoms with E-state index in [1.807, 2.05) is 35.7 Å². The molecule has 0 spiro atoms. The Morgan fingerprint density at radius 2 is 2.04 bits per heavy atom. The molecule has 1 N–H and O–H groups in total. The second-order valence-electron chi connectivity index (χ2n) is 6.03. The fourth-order valence-electron chi connectivity index (χ4n) is 2.80. The van der Waals surface area contributed by atoms with E-state index in [1.165, 1.54) is 12.1 Å². The number of hydrogen-bond donors (Lipinski definition) is 1. The molecule has 1 aromatic carbocycles. The van der Waals surface area contributed by atoms with Gasteiger partial charge < -0.3 is 9.72 Å². The smallest absolute Gasteiger partial charge is 0.303 e. The number of rotatable bonds is 2. The number of nitrogens with one attached hydrogen (secondary N) is 1. The molecule has 9 heteroatoms. The molecule has 0 radical (unpaired) electrons. The number of carbonyl (C=O) groups excluding carboxylic acids is 1. The van der Waals surface area contributed by atoms with E-state index >= 15 is 0 Å². The Morgan fingerprint density at radius 1 is 1.21 bits per heavy atom. The molecule has 1 fully saturated rings. The van der Waals surface area contributed by atoms with Gasteiger partial charge in [-0.25, -0.2) is 9.98 Å². The number of thioether (sulfide) groups is 1. The number of amides is 1. The summed E-state index contributed by atoms with van der Waals surface area (Å²) in [5.41, 5.74) is 0.807. The van der Waals surface area contributed by atoms with Crippen LogP contribution >= 0.6 is 11.8 Å². The van der Waals surface area contributed by atoms with Gasteiger partial charge in [-0.1, -0.05) is 12.1 Å². The van der Waals surface area contributed by atoms with Crippen molar-refractivity contribution in [2.75, 3.05) is 0 Å². The maximum Gasteiger partial charge on any atom is 0.416 e. The number of aliphatic imine (C=N–C) groups is 1. The van der Waals surface area contributed by atoms with Crippen molar-refractivity contribution in [2.45, 2.75) is 13.1 Å². The Morgan fingerprint density at radius 3 is 2.82 bits per heavy atom. The zero-order chi connectivity index (χ0) is 19.9. The Labute approximate surface area is 162 Å². The SMILES string of the molecule is Cc1nc(/C=C2\SC(=Nc3cccc(C(F)(F)F)c3)NC2=O)c2ccccn12. The first kappa shape index (κ1) is 18.3. The van der Waals surface area contributed by atoms with E-state index in [0.717, 1.165) is 35.2 Å². The first-order chi connectivity index (χ1) is 13.3. The van der Waals surface area contributed by atoms with E-state index in [9.17, 15) is 18.0 Å². The molecule has 5 nitrogen and oxygen atoms in total. The van der Waals surface area contributed by atoms with Crippen LogP contribution < -0.4 is 5.32 Å². The van der Waals surface area contributed by atoms with Crippen LogP contribution in [0.5, 0.6) is 0 Å². The monoisotopic (exact) mass is 402 g/mol. The lowest BCUT2D eigenvalue weighted by molar-refractivity contribution is -0.137. The topological polar surface area (TPSA) is 58.8 Å². The molecule has 0 aliphatic carbocycles. The fourth-order valence-corrected chi connectivity index (χ4v) is 3.62. The third-order valence-electron chi connectivity index (χ3n) is 4.08. The van der Waals surface area contributed by atoms with Gasteiger partial charge in [0.15, 0.2) is 5.17 Å². The van der Waals surface area contributed by atoms with Crippen LogP contribution in [0.15, 0.2) is 58.6 Å². The first-order valence-corrected chi connectivity index (χ1v) is 9.03. The van der Waals surface area contributed by atoms with Gasteiger partial charge in [0.2, 0.25) is 0 Å². The van der Waals surface area contributed by atoms with Crippen molar-refractivity contribution in [3.05, 3.63) is 70.6 Å². The van der Waals surface area contributed by atoms with Crippen LogP contribution in [0.4, 0.5) is 18.9 Å². The predicted octanol–water partition coefficient (Wildman–Crippen LogP) is 4.55. The van der Waals surface area contributed by atoms with Crippen molar-refractivity contribution < 1.29 is 18.0 Å². The number of fused-ring (bicyclic) bond motifs is 1. The Bertz CT molecular complexity index is 1150. The summed E-state index contributed by atoms with van der Waals surface area (Å²) >= 11 is 1.06. The number of alkyl halides is 3. The van der Waals surface area contributed by atoms with Gasteiger partial charge in [-0.3, -0.25) is 4.79 Å². The van der Waals surface area contributed by atoms with Gasteiger partial charge in [-0.2, -0.15) is 13.2 Å². The molecule has 0 bridgehead atoms. The molecule has 2 aromatic heterocycles. The molecule has 1 amide bonds. The average Bonchev–Trinajstić information content (AvgIpc) is 3.15. The molecule has 0 saturated carbocycles. The predicted molar refractivity (Wildman–Crippen MR) is 102 cm³/mol. The van der Waals surface area contributed by atoms with Gasteiger partial charge in [-0.05, 0) is 55.1 Å². The number of carbonyl (C=O) groups is 1. The summed E-state index contributed by atoms with van der Waals surface area (Å²) < 4.78 is 40.4. The summed E-state index contributed by atoms with van der Waals surface area (Å²) in [5.74, 6) is 0.411. The summed E-state index contributed by atoms with van der Waals surface area (Å²) in [5, 5.41) is 2.79. The van der Waals surface area contributed by atoms with E-state index in [4.69, 9.17) is 0 Å². The van der Waals surface area contributed by atoms with Gasteiger partial charge in [0.25, 0.3) is 5.91 Å². The minimum absolute atomic E-state index is 0.113. The Hall–Kier alpha value is -3.07. The number of aromatic nitrogens is 2. The number of pyridine rings is 1. The highest BCUT2D eigenvalue weighted by molar-refractivity contribution is 8.18. The molecule has 3 aromatic rings. The maximum absolute atomic E-state index is 12.8. The van der Waals surface area contributed by atoms with Gasteiger partial charge in [0, 0.05) is 6.20 Å².